The lowest BCUT2D eigenvalue weighted by Gasteiger charge is -2.03. The SMILES string of the molecule is Nc1n[nH]c(-c2ccncc2)c1-c1cccnc1. The number of hydrogen-bond donors (Lipinski definition) is 2. The summed E-state index contributed by atoms with van der Waals surface area (Å²) in [5.41, 5.74) is 9.61. The number of nitrogen functional groups attached to an aromatic ring is 1. The second-order valence-corrected chi connectivity index (χ2v) is 3.84. The molecule has 5 nitrogen and oxygen atoms in total. The summed E-state index contributed by atoms with van der Waals surface area (Å²) in [5, 5.41) is 7.03. The van der Waals surface area contributed by atoms with Crippen LogP contribution in [-0.2, 0) is 0 Å². The minimum atomic E-state index is 0.467. The first-order chi connectivity index (χ1) is 8.86. The van der Waals surface area contributed by atoms with Crippen LogP contribution in [0.15, 0.2) is 49.1 Å². The topological polar surface area (TPSA) is 80.5 Å². The first kappa shape index (κ1) is 10.5. The minimum Gasteiger partial charge on any atom is -0.382 e. The number of nitrogens with two attached hydrogens (primary N) is 1. The number of rotatable bonds is 2. The summed E-state index contributed by atoms with van der Waals surface area (Å²) < 4.78 is 0. The molecule has 0 aliphatic heterocycles. The average molecular weight is 237 g/mol. The quantitative estimate of drug-likeness (QED) is 0.715. The fourth-order valence-electron chi connectivity index (χ4n) is 1.89. The molecule has 0 saturated carbocycles. The van der Waals surface area contributed by atoms with Gasteiger partial charge in [0, 0.05) is 35.9 Å². The molecule has 3 aromatic rings. The molecule has 0 saturated heterocycles. The predicted molar refractivity (Wildman–Crippen MR) is 69.5 cm³/mol. The van der Waals surface area contributed by atoms with E-state index in [1.807, 2.05) is 24.3 Å². The Kier molecular flexibility index (Phi) is 2.49. The summed E-state index contributed by atoms with van der Waals surface area (Å²) in [7, 11) is 0. The fourth-order valence-corrected chi connectivity index (χ4v) is 1.89. The highest BCUT2D eigenvalue weighted by molar-refractivity contribution is 5.87. The number of hydrogen-bond acceptors (Lipinski definition) is 4. The number of pyridine rings is 2. The van der Waals surface area contributed by atoms with Gasteiger partial charge in [0.05, 0.1) is 11.3 Å². The molecular weight excluding hydrogens is 226 g/mol. The molecule has 0 spiro atoms. The Labute approximate surface area is 104 Å². The van der Waals surface area contributed by atoms with Gasteiger partial charge in [0.15, 0.2) is 5.82 Å². The number of anilines is 1. The lowest BCUT2D eigenvalue weighted by Crippen LogP contribution is -1.89. The van der Waals surface area contributed by atoms with E-state index in [0.717, 1.165) is 22.4 Å². The van der Waals surface area contributed by atoms with E-state index in [2.05, 4.69) is 20.2 Å². The zero-order valence-corrected chi connectivity index (χ0v) is 9.54. The van der Waals surface area contributed by atoms with Crippen LogP contribution in [0.3, 0.4) is 0 Å². The molecule has 0 unspecified atom stereocenters. The van der Waals surface area contributed by atoms with E-state index >= 15 is 0 Å². The van der Waals surface area contributed by atoms with Crippen LogP contribution in [0.4, 0.5) is 5.82 Å². The third-order valence-electron chi connectivity index (χ3n) is 2.71. The molecule has 3 aromatic heterocycles. The Hall–Kier alpha value is -2.69. The smallest absolute Gasteiger partial charge is 0.153 e. The van der Waals surface area contributed by atoms with E-state index in [9.17, 15) is 0 Å². The summed E-state index contributed by atoms with van der Waals surface area (Å²) >= 11 is 0. The van der Waals surface area contributed by atoms with Crippen molar-refractivity contribution in [3.05, 3.63) is 49.1 Å². The van der Waals surface area contributed by atoms with Crippen LogP contribution in [0, 0.1) is 0 Å². The van der Waals surface area contributed by atoms with Crippen LogP contribution in [0.5, 0.6) is 0 Å². The third kappa shape index (κ3) is 1.71. The molecule has 0 fully saturated rings. The largest absolute Gasteiger partial charge is 0.382 e. The van der Waals surface area contributed by atoms with Crippen molar-refractivity contribution in [3.63, 3.8) is 0 Å². The monoisotopic (exact) mass is 237 g/mol. The molecule has 0 bridgehead atoms. The summed E-state index contributed by atoms with van der Waals surface area (Å²) in [5.74, 6) is 0.467. The van der Waals surface area contributed by atoms with Gasteiger partial charge in [-0.15, -0.1) is 0 Å². The highest BCUT2D eigenvalue weighted by Crippen LogP contribution is 2.33. The maximum atomic E-state index is 5.92. The van der Waals surface area contributed by atoms with Crippen LogP contribution in [0.25, 0.3) is 22.4 Å². The zero-order valence-electron chi connectivity index (χ0n) is 9.54. The van der Waals surface area contributed by atoms with Crippen LogP contribution < -0.4 is 5.73 Å². The molecule has 0 aliphatic rings. The van der Waals surface area contributed by atoms with Crippen molar-refractivity contribution in [2.24, 2.45) is 0 Å². The lowest BCUT2D eigenvalue weighted by molar-refractivity contribution is 1.10. The van der Waals surface area contributed by atoms with Crippen molar-refractivity contribution < 1.29 is 0 Å². The van der Waals surface area contributed by atoms with E-state index in [-0.39, 0.29) is 0 Å². The van der Waals surface area contributed by atoms with Gasteiger partial charge in [0.1, 0.15) is 0 Å². The molecule has 88 valence electrons. The van der Waals surface area contributed by atoms with Gasteiger partial charge in [0.25, 0.3) is 0 Å². The maximum absolute atomic E-state index is 5.92. The van der Waals surface area contributed by atoms with Gasteiger partial charge >= 0.3 is 0 Å². The molecule has 0 amide bonds. The van der Waals surface area contributed by atoms with E-state index in [1.165, 1.54) is 0 Å². The Balaban J connectivity index is 2.19. The Morgan fingerprint density at radius 3 is 2.50 bits per heavy atom. The van der Waals surface area contributed by atoms with Gasteiger partial charge in [-0.2, -0.15) is 5.10 Å². The molecule has 5 heteroatoms. The highest BCUT2D eigenvalue weighted by atomic mass is 15.2. The molecule has 3 N–H and O–H groups in total. The summed E-state index contributed by atoms with van der Waals surface area (Å²) in [6.07, 6.45) is 6.97. The van der Waals surface area contributed by atoms with E-state index in [0.29, 0.717) is 5.82 Å². The molecule has 0 atom stereocenters. The fraction of sp³-hybridized carbons (Fsp3) is 0. The van der Waals surface area contributed by atoms with Crippen LogP contribution in [0.1, 0.15) is 0 Å². The van der Waals surface area contributed by atoms with E-state index in [1.54, 1.807) is 24.8 Å². The minimum absolute atomic E-state index is 0.467. The highest BCUT2D eigenvalue weighted by Gasteiger charge is 2.14. The van der Waals surface area contributed by atoms with Crippen molar-refractivity contribution in [1.29, 1.82) is 0 Å². The Morgan fingerprint density at radius 2 is 1.78 bits per heavy atom. The number of aromatic nitrogens is 4. The lowest BCUT2D eigenvalue weighted by atomic mass is 10.0. The van der Waals surface area contributed by atoms with Crippen molar-refractivity contribution in [2.75, 3.05) is 5.73 Å². The predicted octanol–water partition coefficient (Wildman–Crippen LogP) is 2.12. The van der Waals surface area contributed by atoms with Crippen LogP contribution in [-0.4, -0.2) is 20.2 Å². The van der Waals surface area contributed by atoms with Gasteiger partial charge in [0.2, 0.25) is 0 Å². The summed E-state index contributed by atoms with van der Waals surface area (Å²) in [6.45, 7) is 0. The molecule has 0 aromatic carbocycles. The molecule has 18 heavy (non-hydrogen) atoms. The standard InChI is InChI=1S/C13H11N5/c14-13-11(10-2-1-5-16-8-10)12(17-18-13)9-3-6-15-7-4-9/h1-8H,(H3,14,17,18). The molecule has 0 aliphatic carbocycles. The zero-order chi connectivity index (χ0) is 12.4. The summed E-state index contributed by atoms with van der Waals surface area (Å²) in [6, 6.07) is 7.65. The molecular formula is C13H11N5. The average Bonchev–Trinajstić information content (AvgIpc) is 2.83. The molecule has 3 heterocycles. The summed E-state index contributed by atoms with van der Waals surface area (Å²) in [4.78, 5) is 8.11. The van der Waals surface area contributed by atoms with Gasteiger partial charge in [-0.1, -0.05) is 6.07 Å². The van der Waals surface area contributed by atoms with Crippen molar-refractivity contribution >= 4 is 5.82 Å². The van der Waals surface area contributed by atoms with Crippen LogP contribution in [0.2, 0.25) is 0 Å². The first-order valence-corrected chi connectivity index (χ1v) is 5.51. The maximum Gasteiger partial charge on any atom is 0.153 e. The second kappa shape index (κ2) is 4.29. The normalized spacial score (nSPS) is 10.4. The molecule has 3 rings (SSSR count). The number of nitrogens with zero attached hydrogens (tertiary/aromatic N) is 3. The van der Waals surface area contributed by atoms with Gasteiger partial charge in [-0.25, -0.2) is 0 Å². The Morgan fingerprint density at radius 1 is 0.944 bits per heavy atom. The van der Waals surface area contributed by atoms with Gasteiger partial charge in [-0.3, -0.25) is 15.1 Å². The van der Waals surface area contributed by atoms with Gasteiger partial charge < -0.3 is 5.73 Å². The van der Waals surface area contributed by atoms with Crippen molar-refractivity contribution in [3.8, 4) is 22.4 Å². The number of nitrogens with one attached hydrogen (secondary N) is 1. The molecule has 0 radical (unpaired) electrons. The van der Waals surface area contributed by atoms with Crippen molar-refractivity contribution in [1.82, 2.24) is 20.2 Å². The third-order valence-corrected chi connectivity index (χ3v) is 2.71. The number of aromatic amines is 1. The van der Waals surface area contributed by atoms with Crippen LogP contribution >= 0.6 is 0 Å². The van der Waals surface area contributed by atoms with E-state index in [4.69, 9.17) is 5.73 Å². The first-order valence-electron chi connectivity index (χ1n) is 5.51. The Bertz CT molecular complexity index is 646. The van der Waals surface area contributed by atoms with Gasteiger partial charge in [-0.05, 0) is 18.2 Å². The number of H-pyrrole nitrogens is 1. The second-order valence-electron chi connectivity index (χ2n) is 3.84. The van der Waals surface area contributed by atoms with E-state index < -0.39 is 0 Å². The van der Waals surface area contributed by atoms with Crippen molar-refractivity contribution in [2.45, 2.75) is 0 Å².